The number of aryl methyl sites for hydroxylation is 1. The predicted molar refractivity (Wildman–Crippen MR) is 60.0 cm³/mol. The van der Waals surface area contributed by atoms with Gasteiger partial charge in [0.2, 0.25) is 0 Å². The molecule has 0 N–H and O–H groups in total. The van der Waals surface area contributed by atoms with Gasteiger partial charge in [-0.15, -0.1) is 23.2 Å². The van der Waals surface area contributed by atoms with Gasteiger partial charge in [-0.3, -0.25) is 0 Å². The summed E-state index contributed by atoms with van der Waals surface area (Å²) < 4.78 is 0. The highest BCUT2D eigenvalue weighted by Crippen LogP contribution is 2.26. The van der Waals surface area contributed by atoms with E-state index in [1.165, 1.54) is 11.1 Å². The van der Waals surface area contributed by atoms with Crippen molar-refractivity contribution >= 4 is 23.2 Å². The third-order valence-corrected chi connectivity index (χ3v) is 3.52. The first-order valence-corrected chi connectivity index (χ1v) is 5.38. The predicted octanol–water partition coefficient (Wildman–Crippen LogP) is 3.73. The van der Waals surface area contributed by atoms with Gasteiger partial charge >= 0.3 is 0 Å². The van der Waals surface area contributed by atoms with Gasteiger partial charge in [-0.2, -0.15) is 0 Å². The molecule has 0 aliphatic heterocycles. The summed E-state index contributed by atoms with van der Waals surface area (Å²) in [6, 6.07) is 8.37. The molecular formula is C11H14Cl2. The van der Waals surface area contributed by atoms with E-state index in [9.17, 15) is 0 Å². The molecule has 0 amide bonds. The molecule has 0 unspecified atom stereocenters. The SMILES string of the molecule is Cc1ccc(C(C)(CCl)CCl)cc1. The lowest BCUT2D eigenvalue weighted by Gasteiger charge is -2.24. The van der Waals surface area contributed by atoms with Crippen molar-refractivity contribution in [2.75, 3.05) is 11.8 Å². The smallest absolute Gasteiger partial charge is 0.0329 e. The number of hydrogen-bond acceptors (Lipinski definition) is 0. The summed E-state index contributed by atoms with van der Waals surface area (Å²) in [5.41, 5.74) is 2.37. The maximum atomic E-state index is 5.90. The summed E-state index contributed by atoms with van der Waals surface area (Å²) in [4.78, 5) is 0. The lowest BCUT2D eigenvalue weighted by molar-refractivity contribution is 0.605. The van der Waals surface area contributed by atoms with E-state index in [1.807, 2.05) is 0 Å². The highest BCUT2D eigenvalue weighted by atomic mass is 35.5. The van der Waals surface area contributed by atoms with Crippen LogP contribution in [0.15, 0.2) is 24.3 Å². The van der Waals surface area contributed by atoms with Crippen LogP contribution in [0.4, 0.5) is 0 Å². The van der Waals surface area contributed by atoms with Crippen LogP contribution in [-0.4, -0.2) is 11.8 Å². The zero-order chi connectivity index (χ0) is 9.90. The Kier molecular flexibility index (Phi) is 3.63. The van der Waals surface area contributed by atoms with Crippen molar-refractivity contribution in [2.24, 2.45) is 0 Å². The second kappa shape index (κ2) is 4.34. The molecule has 0 saturated heterocycles. The first kappa shape index (κ1) is 10.9. The summed E-state index contributed by atoms with van der Waals surface area (Å²) in [5, 5.41) is 0. The quantitative estimate of drug-likeness (QED) is 0.676. The third kappa shape index (κ3) is 2.38. The van der Waals surface area contributed by atoms with Crippen LogP contribution in [0.5, 0.6) is 0 Å². The Bertz CT molecular complexity index is 260. The Labute approximate surface area is 89.9 Å². The van der Waals surface area contributed by atoms with Crippen LogP contribution in [0.1, 0.15) is 18.1 Å². The Hall–Kier alpha value is -0.200. The highest BCUT2D eigenvalue weighted by molar-refractivity contribution is 6.22. The summed E-state index contributed by atoms with van der Waals surface area (Å²) in [5.74, 6) is 1.11. The summed E-state index contributed by atoms with van der Waals surface area (Å²) in [6.45, 7) is 4.15. The van der Waals surface area contributed by atoms with Crippen molar-refractivity contribution < 1.29 is 0 Å². The molecule has 72 valence electrons. The number of rotatable bonds is 3. The molecular weight excluding hydrogens is 203 g/mol. The molecule has 1 aromatic carbocycles. The molecule has 1 aromatic rings. The summed E-state index contributed by atoms with van der Waals surface area (Å²) >= 11 is 11.8. The molecule has 0 heterocycles. The zero-order valence-corrected chi connectivity index (χ0v) is 9.49. The Morgan fingerprint density at radius 2 is 1.54 bits per heavy atom. The number of hydrogen-bond donors (Lipinski definition) is 0. The van der Waals surface area contributed by atoms with E-state index < -0.39 is 0 Å². The van der Waals surface area contributed by atoms with Crippen LogP contribution in [0, 0.1) is 6.92 Å². The molecule has 13 heavy (non-hydrogen) atoms. The number of halogens is 2. The molecule has 0 atom stereocenters. The van der Waals surface area contributed by atoms with Gasteiger partial charge in [0, 0.05) is 17.2 Å². The monoisotopic (exact) mass is 216 g/mol. The largest absolute Gasteiger partial charge is 0.126 e. The van der Waals surface area contributed by atoms with E-state index >= 15 is 0 Å². The fourth-order valence-electron chi connectivity index (χ4n) is 1.15. The van der Waals surface area contributed by atoms with Crippen LogP contribution in [0.25, 0.3) is 0 Å². The first-order valence-electron chi connectivity index (χ1n) is 4.31. The van der Waals surface area contributed by atoms with Gasteiger partial charge in [-0.1, -0.05) is 36.8 Å². The molecule has 0 radical (unpaired) electrons. The van der Waals surface area contributed by atoms with Crippen molar-refractivity contribution in [1.82, 2.24) is 0 Å². The third-order valence-electron chi connectivity index (χ3n) is 2.34. The van der Waals surface area contributed by atoms with E-state index in [1.54, 1.807) is 0 Å². The van der Waals surface area contributed by atoms with Gasteiger partial charge in [0.05, 0.1) is 0 Å². The average molecular weight is 217 g/mol. The molecule has 0 nitrogen and oxygen atoms in total. The van der Waals surface area contributed by atoms with E-state index in [0.717, 1.165) is 0 Å². The minimum absolute atomic E-state index is 0.100. The summed E-state index contributed by atoms with van der Waals surface area (Å²) in [7, 11) is 0. The molecule has 0 aliphatic rings. The van der Waals surface area contributed by atoms with Gasteiger partial charge in [0.1, 0.15) is 0 Å². The normalized spacial score (nSPS) is 11.7. The van der Waals surface area contributed by atoms with Crippen LogP contribution in [0.3, 0.4) is 0 Å². The molecule has 2 heteroatoms. The first-order chi connectivity index (χ1) is 6.12. The van der Waals surface area contributed by atoms with Crippen LogP contribution < -0.4 is 0 Å². The highest BCUT2D eigenvalue weighted by Gasteiger charge is 2.24. The standard InChI is InChI=1S/C11H14Cl2/c1-9-3-5-10(6-4-9)11(2,7-12)8-13/h3-6H,7-8H2,1-2H3. The second-order valence-corrected chi connectivity index (χ2v) is 4.23. The van der Waals surface area contributed by atoms with Gasteiger partial charge in [-0.05, 0) is 12.5 Å². The topological polar surface area (TPSA) is 0 Å². The van der Waals surface area contributed by atoms with Crippen LogP contribution in [0.2, 0.25) is 0 Å². The minimum atomic E-state index is -0.100. The second-order valence-electron chi connectivity index (χ2n) is 3.69. The molecule has 0 saturated carbocycles. The molecule has 0 fully saturated rings. The summed E-state index contributed by atoms with van der Waals surface area (Å²) in [6.07, 6.45) is 0. The maximum Gasteiger partial charge on any atom is 0.0329 e. The molecule has 0 bridgehead atoms. The molecule has 0 aliphatic carbocycles. The van der Waals surface area contributed by atoms with Crippen molar-refractivity contribution in [2.45, 2.75) is 19.3 Å². The fraction of sp³-hybridized carbons (Fsp3) is 0.455. The Morgan fingerprint density at radius 1 is 1.08 bits per heavy atom. The number of benzene rings is 1. The van der Waals surface area contributed by atoms with E-state index in [4.69, 9.17) is 23.2 Å². The average Bonchev–Trinajstić information content (AvgIpc) is 2.18. The van der Waals surface area contributed by atoms with Crippen molar-refractivity contribution in [3.63, 3.8) is 0 Å². The Balaban J connectivity index is 2.99. The number of alkyl halides is 2. The fourth-order valence-corrected chi connectivity index (χ4v) is 1.74. The lowest BCUT2D eigenvalue weighted by Crippen LogP contribution is -2.26. The van der Waals surface area contributed by atoms with Gasteiger partial charge < -0.3 is 0 Å². The van der Waals surface area contributed by atoms with Crippen molar-refractivity contribution in [3.8, 4) is 0 Å². The van der Waals surface area contributed by atoms with Crippen molar-refractivity contribution in [3.05, 3.63) is 35.4 Å². The van der Waals surface area contributed by atoms with Crippen LogP contribution >= 0.6 is 23.2 Å². The van der Waals surface area contributed by atoms with Crippen LogP contribution in [-0.2, 0) is 5.41 Å². The molecule has 0 spiro atoms. The van der Waals surface area contributed by atoms with E-state index in [-0.39, 0.29) is 5.41 Å². The zero-order valence-electron chi connectivity index (χ0n) is 7.98. The van der Waals surface area contributed by atoms with Gasteiger partial charge in [-0.25, -0.2) is 0 Å². The van der Waals surface area contributed by atoms with E-state index in [0.29, 0.717) is 11.8 Å². The van der Waals surface area contributed by atoms with E-state index in [2.05, 4.69) is 38.1 Å². The minimum Gasteiger partial charge on any atom is -0.126 e. The van der Waals surface area contributed by atoms with Crippen molar-refractivity contribution in [1.29, 1.82) is 0 Å². The molecule has 0 aromatic heterocycles. The van der Waals surface area contributed by atoms with Gasteiger partial charge in [0.15, 0.2) is 0 Å². The van der Waals surface area contributed by atoms with Gasteiger partial charge in [0.25, 0.3) is 0 Å². The molecule has 1 rings (SSSR count). The Morgan fingerprint density at radius 3 is 1.92 bits per heavy atom. The maximum absolute atomic E-state index is 5.90. The lowest BCUT2D eigenvalue weighted by atomic mass is 9.86.